The van der Waals surface area contributed by atoms with Crippen LogP contribution >= 0.6 is 11.6 Å². The van der Waals surface area contributed by atoms with E-state index < -0.39 is 0 Å². The van der Waals surface area contributed by atoms with Crippen LogP contribution in [0, 0.1) is 30.1 Å². The Morgan fingerprint density at radius 3 is 2.82 bits per heavy atom. The number of carbonyl (C=O) groups is 1. The van der Waals surface area contributed by atoms with Crippen LogP contribution in [0.15, 0.2) is 36.5 Å². The Kier molecular flexibility index (Phi) is 5.71. The number of nitriles is 1. The molecule has 3 atom stereocenters. The van der Waals surface area contributed by atoms with Gasteiger partial charge in [0.15, 0.2) is 5.65 Å². The summed E-state index contributed by atoms with van der Waals surface area (Å²) in [5, 5.41) is 14.7. The highest BCUT2D eigenvalue weighted by Crippen LogP contribution is 2.34. The molecule has 170 valence electrons. The molecule has 0 N–H and O–H groups in total. The van der Waals surface area contributed by atoms with Gasteiger partial charge >= 0.3 is 0 Å². The molecule has 2 aliphatic rings. The van der Waals surface area contributed by atoms with Gasteiger partial charge in [-0.25, -0.2) is 9.50 Å². The standard InChI is InChI=1S/C25H27ClN6O/c1-16-13-30(15-18(16)12-27)24-17(2)14-32-23(28-24)11-21(29-32)22-9-5-6-10-31(22)25(33)19-7-3-4-8-20(19)26/h3-4,7-8,11,14,16,18,22H,5-6,9-10,13,15H2,1-2H3/t16-,18+,22-/m0/s1. The third-order valence-electron chi connectivity index (χ3n) is 6.91. The predicted octanol–water partition coefficient (Wildman–Crippen LogP) is 4.65. The molecule has 0 bridgehead atoms. The average molecular weight is 463 g/mol. The number of piperidine rings is 1. The van der Waals surface area contributed by atoms with Crippen molar-refractivity contribution in [2.45, 2.75) is 39.2 Å². The Morgan fingerprint density at radius 1 is 1.24 bits per heavy atom. The molecular weight excluding hydrogens is 436 g/mol. The number of aromatic nitrogens is 3. The van der Waals surface area contributed by atoms with Crippen molar-refractivity contribution >= 4 is 29.0 Å². The van der Waals surface area contributed by atoms with Crippen molar-refractivity contribution in [2.24, 2.45) is 11.8 Å². The minimum atomic E-state index is -0.109. The molecule has 7 nitrogen and oxygen atoms in total. The smallest absolute Gasteiger partial charge is 0.255 e. The molecule has 2 aliphatic heterocycles. The number of carbonyl (C=O) groups excluding carboxylic acids is 1. The summed E-state index contributed by atoms with van der Waals surface area (Å²) in [4.78, 5) is 22.4. The van der Waals surface area contributed by atoms with Gasteiger partial charge in [-0.2, -0.15) is 10.4 Å². The lowest BCUT2D eigenvalue weighted by Gasteiger charge is -2.35. The monoisotopic (exact) mass is 462 g/mol. The molecule has 2 aromatic heterocycles. The number of halogens is 1. The average Bonchev–Trinajstić information content (AvgIpc) is 3.40. The van der Waals surface area contributed by atoms with Gasteiger partial charge in [0.25, 0.3) is 5.91 Å². The van der Waals surface area contributed by atoms with Crippen molar-refractivity contribution in [1.29, 1.82) is 5.26 Å². The summed E-state index contributed by atoms with van der Waals surface area (Å²) in [6.45, 7) is 6.35. The molecule has 0 saturated carbocycles. The van der Waals surface area contributed by atoms with E-state index in [0.717, 1.165) is 48.5 Å². The number of anilines is 1. The van der Waals surface area contributed by atoms with E-state index in [1.165, 1.54) is 0 Å². The van der Waals surface area contributed by atoms with E-state index in [-0.39, 0.29) is 17.9 Å². The summed E-state index contributed by atoms with van der Waals surface area (Å²) in [5.41, 5.74) is 3.16. The second-order valence-electron chi connectivity index (χ2n) is 9.23. The minimum absolute atomic E-state index is 0.0227. The maximum Gasteiger partial charge on any atom is 0.255 e. The van der Waals surface area contributed by atoms with Crippen LogP contribution < -0.4 is 4.90 Å². The fourth-order valence-electron chi connectivity index (χ4n) is 5.08. The molecule has 0 unspecified atom stereocenters. The predicted molar refractivity (Wildman–Crippen MR) is 127 cm³/mol. The summed E-state index contributed by atoms with van der Waals surface area (Å²) in [6.07, 6.45) is 4.87. The van der Waals surface area contributed by atoms with Crippen molar-refractivity contribution in [3.8, 4) is 6.07 Å². The van der Waals surface area contributed by atoms with Crippen LogP contribution in [-0.2, 0) is 0 Å². The number of rotatable bonds is 3. The minimum Gasteiger partial charge on any atom is -0.355 e. The van der Waals surface area contributed by atoms with Crippen LogP contribution in [-0.4, -0.2) is 45.0 Å². The van der Waals surface area contributed by atoms with Crippen LogP contribution in [0.25, 0.3) is 5.65 Å². The van der Waals surface area contributed by atoms with Gasteiger partial charge in [-0.3, -0.25) is 4.79 Å². The van der Waals surface area contributed by atoms with Gasteiger partial charge in [0.05, 0.1) is 34.3 Å². The molecule has 5 rings (SSSR count). The van der Waals surface area contributed by atoms with Gasteiger partial charge in [-0.1, -0.05) is 30.7 Å². The molecule has 0 radical (unpaired) electrons. The Morgan fingerprint density at radius 2 is 2.06 bits per heavy atom. The molecule has 0 spiro atoms. The molecule has 2 fully saturated rings. The van der Waals surface area contributed by atoms with Crippen molar-refractivity contribution < 1.29 is 4.79 Å². The maximum absolute atomic E-state index is 13.3. The van der Waals surface area contributed by atoms with E-state index in [0.29, 0.717) is 29.6 Å². The quantitative estimate of drug-likeness (QED) is 0.566. The third kappa shape index (κ3) is 3.93. The lowest BCUT2D eigenvalue weighted by molar-refractivity contribution is 0.0606. The fraction of sp³-hybridized carbons (Fsp3) is 0.440. The fourth-order valence-corrected chi connectivity index (χ4v) is 5.30. The zero-order valence-electron chi connectivity index (χ0n) is 18.9. The summed E-state index contributed by atoms with van der Waals surface area (Å²) < 4.78 is 1.81. The molecule has 1 aromatic carbocycles. The van der Waals surface area contributed by atoms with Gasteiger partial charge < -0.3 is 9.80 Å². The zero-order chi connectivity index (χ0) is 23.1. The number of nitrogens with zero attached hydrogens (tertiary/aromatic N) is 6. The first-order chi connectivity index (χ1) is 16.0. The molecule has 8 heteroatoms. The van der Waals surface area contributed by atoms with Crippen LogP contribution in [0.5, 0.6) is 0 Å². The van der Waals surface area contributed by atoms with Crippen LogP contribution in [0.3, 0.4) is 0 Å². The van der Waals surface area contributed by atoms with Gasteiger partial charge in [0, 0.05) is 37.5 Å². The highest BCUT2D eigenvalue weighted by atomic mass is 35.5. The number of benzene rings is 1. The SMILES string of the molecule is Cc1cn2nc([C@@H]3CCCCN3C(=O)c3ccccc3Cl)cc2nc1N1C[C@@H](C#N)[C@@H](C)C1. The number of hydrogen-bond donors (Lipinski definition) is 0. The Hall–Kier alpha value is -3.11. The molecule has 0 aliphatic carbocycles. The third-order valence-corrected chi connectivity index (χ3v) is 7.24. The van der Waals surface area contributed by atoms with Crippen LogP contribution in [0.4, 0.5) is 5.82 Å². The first-order valence-electron chi connectivity index (χ1n) is 11.5. The molecule has 33 heavy (non-hydrogen) atoms. The number of fused-ring (bicyclic) bond motifs is 1. The summed E-state index contributed by atoms with van der Waals surface area (Å²) in [7, 11) is 0. The van der Waals surface area contributed by atoms with Crippen molar-refractivity contribution in [2.75, 3.05) is 24.5 Å². The lowest BCUT2D eigenvalue weighted by Crippen LogP contribution is -2.38. The lowest BCUT2D eigenvalue weighted by atomic mass is 9.98. The van der Waals surface area contributed by atoms with Gasteiger partial charge in [-0.15, -0.1) is 0 Å². The largest absolute Gasteiger partial charge is 0.355 e. The van der Waals surface area contributed by atoms with Crippen molar-refractivity contribution in [3.05, 3.63) is 58.4 Å². The molecule has 4 heterocycles. The summed E-state index contributed by atoms with van der Waals surface area (Å²) in [6, 6.07) is 11.5. The number of likely N-dealkylation sites (tertiary alicyclic amines) is 1. The van der Waals surface area contributed by atoms with Crippen molar-refractivity contribution in [1.82, 2.24) is 19.5 Å². The first kappa shape index (κ1) is 21.7. The highest BCUT2D eigenvalue weighted by Gasteiger charge is 2.33. The maximum atomic E-state index is 13.3. The second-order valence-corrected chi connectivity index (χ2v) is 9.63. The first-order valence-corrected chi connectivity index (χ1v) is 11.9. The van der Waals surface area contributed by atoms with E-state index in [1.807, 2.05) is 40.7 Å². The molecule has 2 saturated heterocycles. The van der Waals surface area contributed by atoms with Crippen molar-refractivity contribution in [3.63, 3.8) is 0 Å². The Bertz CT molecular complexity index is 1250. The zero-order valence-corrected chi connectivity index (χ0v) is 19.7. The van der Waals surface area contributed by atoms with Crippen LogP contribution in [0.2, 0.25) is 5.02 Å². The van der Waals surface area contributed by atoms with E-state index in [2.05, 4.69) is 17.9 Å². The van der Waals surface area contributed by atoms with Gasteiger partial charge in [0.1, 0.15) is 5.82 Å². The molecule has 3 aromatic rings. The van der Waals surface area contributed by atoms with Gasteiger partial charge in [0.2, 0.25) is 0 Å². The molecular formula is C25H27ClN6O. The number of amides is 1. The van der Waals surface area contributed by atoms with E-state index in [4.69, 9.17) is 21.7 Å². The Balaban J connectivity index is 1.47. The van der Waals surface area contributed by atoms with Crippen LogP contribution in [0.1, 0.15) is 53.8 Å². The number of aryl methyl sites for hydroxylation is 1. The topological polar surface area (TPSA) is 77.5 Å². The van der Waals surface area contributed by atoms with Gasteiger partial charge in [-0.05, 0) is 44.2 Å². The van der Waals surface area contributed by atoms with E-state index in [1.54, 1.807) is 12.1 Å². The Labute approximate surface area is 198 Å². The second kappa shape index (κ2) is 8.68. The summed E-state index contributed by atoms with van der Waals surface area (Å²) >= 11 is 6.32. The normalized spacial score (nSPS) is 23.2. The highest BCUT2D eigenvalue weighted by molar-refractivity contribution is 6.33. The van der Waals surface area contributed by atoms with E-state index >= 15 is 0 Å². The number of hydrogen-bond acceptors (Lipinski definition) is 5. The van der Waals surface area contributed by atoms with E-state index in [9.17, 15) is 10.1 Å². The molecule has 1 amide bonds. The summed E-state index contributed by atoms with van der Waals surface area (Å²) in [5.74, 6) is 1.20.